The molecule has 0 radical (unpaired) electrons. The maximum absolute atomic E-state index is 15.3. The number of H-pyrrole nitrogens is 1. The van der Waals surface area contributed by atoms with Crippen LogP contribution in [-0.2, 0) is 0 Å². The van der Waals surface area contributed by atoms with Crippen molar-refractivity contribution in [3.63, 3.8) is 0 Å². The van der Waals surface area contributed by atoms with Crippen molar-refractivity contribution in [3.8, 4) is 0 Å². The highest BCUT2D eigenvalue weighted by Gasteiger charge is 2.31. The maximum atomic E-state index is 15.3. The van der Waals surface area contributed by atoms with E-state index in [2.05, 4.69) is 25.6 Å². The van der Waals surface area contributed by atoms with Crippen molar-refractivity contribution in [3.05, 3.63) is 88.2 Å². The molecule has 178 valence electrons. The topological polar surface area (TPSA) is 103 Å². The van der Waals surface area contributed by atoms with Gasteiger partial charge in [-0.05, 0) is 61.5 Å². The van der Waals surface area contributed by atoms with Gasteiger partial charge in [-0.2, -0.15) is 0 Å². The Bertz CT molecular complexity index is 1440. The third kappa shape index (κ3) is 4.63. The molecule has 9 heteroatoms. The van der Waals surface area contributed by atoms with E-state index < -0.39 is 11.7 Å². The number of carbonyl (C=O) groups is 1. The molecule has 1 saturated heterocycles. The quantitative estimate of drug-likeness (QED) is 0.407. The van der Waals surface area contributed by atoms with Crippen LogP contribution in [0, 0.1) is 12.7 Å². The molecule has 4 aromatic rings. The number of rotatable bonds is 5. The summed E-state index contributed by atoms with van der Waals surface area (Å²) in [5.41, 5.74) is 0.974. The van der Waals surface area contributed by atoms with E-state index in [-0.39, 0.29) is 23.1 Å². The van der Waals surface area contributed by atoms with Crippen LogP contribution in [0.4, 0.5) is 21.8 Å². The summed E-state index contributed by atoms with van der Waals surface area (Å²) in [5.74, 6) is -0.408. The Morgan fingerprint density at radius 1 is 1.14 bits per heavy atom. The lowest BCUT2D eigenvalue weighted by Crippen LogP contribution is -2.49. The molecule has 0 aliphatic carbocycles. The first kappa shape index (κ1) is 22.7. The number of hydrogen-bond donors (Lipinski definition) is 3. The minimum Gasteiger partial charge on any atom is -0.326 e. The van der Waals surface area contributed by atoms with Crippen molar-refractivity contribution >= 4 is 34.1 Å². The molecule has 1 atom stereocenters. The summed E-state index contributed by atoms with van der Waals surface area (Å²) in [6.45, 7) is 3.47. The Morgan fingerprint density at radius 2 is 2.00 bits per heavy atom. The Balaban J connectivity index is 1.54. The number of pyridine rings is 1. The van der Waals surface area contributed by atoms with Crippen molar-refractivity contribution in [2.75, 3.05) is 23.3 Å². The zero-order valence-electron chi connectivity index (χ0n) is 19.2. The fourth-order valence-electron chi connectivity index (χ4n) is 4.53. The number of aromatic amines is 1. The van der Waals surface area contributed by atoms with Gasteiger partial charge in [0.1, 0.15) is 11.6 Å². The summed E-state index contributed by atoms with van der Waals surface area (Å²) >= 11 is 0. The van der Waals surface area contributed by atoms with Crippen LogP contribution in [0.3, 0.4) is 0 Å². The molecule has 3 heterocycles. The summed E-state index contributed by atoms with van der Waals surface area (Å²) in [7, 11) is 0. The molecule has 1 aliphatic rings. The van der Waals surface area contributed by atoms with Gasteiger partial charge in [-0.25, -0.2) is 14.4 Å². The van der Waals surface area contributed by atoms with Crippen molar-refractivity contribution in [1.29, 1.82) is 0 Å². The normalized spacial score (nSPS) is 15.7. The van der Waals surface area contributed by atoms with Crippen LogP contribution in [0.1, 0.15) is 28.8 Å². The second-order valence-corrected chi connectivity index (χ2v) is 8.59. The monoisotopic (exact) mass is 472 g/mol. The molecule has 8 nitrogen and oxygen atoms in total. The predicted molar refractivity (Wildman–Crippen MR) is 134 cm³/mol. The largest absolute Gasteiger partial charge is 0.326 e. The zero-order valence-corrected chi connectivity index (χ0v) is 19.2. The summed E-state index contributed by atoms with van der Waals surface area (Å²) in [4.78, 5) is 38.1. The molecule has 1 fully saturated rings. The molecule has 2 aromatic carbocycles. The van der Waals surface area contributed by atoms with Crippen LogP contribution in [0.2, 0.25) is 0 Å². The van der Waals surface area contributed by atoms with E-state index in [1.165, 1.54) is 24.4 Å². The summed E-state index contributed by atoms with van der Waals surface area (Å²) < 4.78 is 15.3. The molecular formula is C26H25FN6O2. The lowest BCUT2D eigenvalue weighted by Gasteiger charge is -2.35. The highest BCUT2D eigenvalue weighted by Crippen LogP contribution is 2.32. The molecule has 0 saturated carbocycles. The molecule has 1 aliphatic heterocycles. The van der Waals surface area contributed by atoms with E-state index in [1.807, 2.05) is 31.2 Å². The number of fused-ring (bicyclic) bond motifs is 1. The van der Waals surface area contributed by atoms with Gasteiger partial charge in [-0.3, -0.25) is 19.5 Å². The number of piperidine rings is 1. The minimum atomic E-state index is -0.677. The summed E-state index contributed by atoms with van der Waals surface area (Å²) in [6.07, 6.45) is 4.73. The molecule has 1 amide bonds. The molecule has 3 N–H and O–H groups in total. The highest BCUT2D eigenvalue weighted by atomic mass is 19.1. The van der Waals surface area contributed by atoms with Gasteiger partial charge < -0.3 is 10.6 Å². The molecule has 0 spiro atoms. The van der Waals surface area contributed by atoms with Crippen LogP contribution in [0.15, 0.2) is 65.7 Å². The SMILES string of the molecule is Cc1cccc2ccnc(N(C(=O)c3ccc(Nc4nccc(=O)[nH]4)cc3F)[C@@H]3CCCNC3)c12. The van der Waals surface area contributed by atoms with Gasteiger partial charge in [0.05, 0.1) is 11.6 Å². The molecular weight excluding hydrogens is 447 g/mol. The fourth-order valence-corrected chi connectivity index (χ4v) is 4.53. The number of benzene rings is 2. The molecule has 5 rings (SSSR count). The fraction of sp³-hybridized carbons (Fsp3) is 0.231. The minimum absolute atomic E-state index is 0.0528. The number of amides is 1. The number of anilines is 3. The number of halogens is 1. The van der Waals surface area contributed by atoms with Gasteiger partial charge >= 0.3 is 0 Å². The average Bonchev–Trinajstić information content (AvgIpc) is 2.85. The standard InChI is InChI=1S/C26H25FN6O2/c1-16-4-2-5-17-9-12-29-24(23(16)17)33(19-6-3-11-28-15-19)25(35)20-8-7-18(14-21(20)27)31-26-30-13-10-22(34)32-26/h2,4-5,7-10,12-14,19,28H,3,6,11,15H2,1H3,(H2,30,31,32,34)/t19-/m1/s1. The number of nitrogens with one attached hydrogen (secondary N) is 3. The van der Waals surface area contributed by atoms with E-state index in [9.17, 15) is 9.59 Å². The lowest BCUT2D eigenvalue weighted by molar-refractivity contribution is 0.0968. The van der Waals surface area contributed by atoms with Gasteiger partial charge in [0, 0.05) is 36.1 Å². The Labute approximate surface area is 201 Å². The summed E-state index contributed by atoms with van der Waals surface area (Å²) in [6, 6.07) is 13.2. The van der Waals surface area contributed by atoms with Crippen LogP contribution in [0.25, 0.3) is 10.8 Å². The first-order chi connectivity index (χ1) is 17.0. The van der Waals surface area contributed by atoms with E-state index in [0.717, 1.165) is 35.7 Å². The number of aryl methyl sites for hydroxylation is 1. The van der Waals surface area contributed by atoms with E-state index >= 15 is 4.39 Å². The number of aromatic nitrogens is 3. The second-order valence-electron chi connectivity index (χ2n) is 8.59. The van der Waals surface area contributed by atoms with Crippen LogP contribution >= 0.6 is 0 Å². The molecule has 0 bridgehead atoms. The van der Waals surface area contributed by atoms with E-state index in [0.29, 0.717) is 18.1 Å². The number of hydrogen-bond acceptors (Lipinski definition) is 6. The number of nitrogens with zero attached hydrogens (tertiary/aromatic N) is 3. The van der Waals surface area contributed by atoms with Gasteiger partial charge in [-0.15, -0.1) is 0 Å². The van der Waals surface area contributed by atoms with Gasteiger partial charge in [0.15, 0.2) is 0 Å². The lowest BCUT2D eigenvalue weighted by atomic mass is 10.0. The Morgan fingerprint density at radius 3 is 2.77 bits per heavy atom. The van der Waals surface area contributed by atoms with E-state index in [1.54, 1.807) is 17.2 Å². The average molecular weight is 473 g/mol. The molecule has 35 heavy (non-hydrogen) atoms. The van der Waals surface area contributed by atoms with Gasteiger partial charge in [0.2, 0.25) is 5.95 Å². The van der Waals surface area contributed by atoms with Crippen molar-refractivity contribution in [1.82, 2.24) is 20.3 Å². The Hall–Kier alpha value is -4.11. The van der Waals surface area contributed by atoms with Crippen molar-refractivity contribution < 1.29 is 9.18 Å². The second kappa shape index (κ2) is 9.63. The first-order valence-corrected chi connectivity index (χ1v) is 11.5. The van der Waals surface area contributed by atoms with Crippen molar-refractivity contribution in [2.45, 2.75) is 25.8 Å². The Kier molecular flexibility index (Phi) is 6.24. The van der Waals surface area contributed by atoms with Gasteiger partial charge in [0.25, 0.3) is 11.5 Å². The summed E-state index contributed by atoms with van der Waals surface area (Å²) in [5, 5.41) is 8.06. The van der Waals surface area contributed by atoms with Crippen molar-refractivity contribution in [2.24, 2.45) is 0 Å². The van der Waals surface area contributed by atoms with Crippen LogP contribution < -0.4 is 21.1 Å². The third-order valence-electron chi connectivity index (χ3n) is 6.20. The van der Waals surface area contributed by atoms with E-state index in [4.69, 9.17) is 0 Å². The first-order valence-electron chi connectivity index (χ1n) is 11.5. The van der Waals surface area contributed by atoms with Crippen LogP contribution in [-0.4, -0.2) is 40.0 Å². The van der Waals surface area contributed by atoms with Crippen LogP contribution in [0.5, 0.6) is 0 Å². The molecule has 0 unspecified atom stereocenters. The third-order valence-corrected chi connectivity index (χ3v) is 6.20. The maximum Gasteiger partial charge on any atom is 0.262 e. The predicted octanol–water partition coefficient (Wildman–Crippen LogP) is 3.91. The highest BCUT2D eigenvalue weighted by molar-refractivity contribution is 6.11. The smallest absolute Gasteiger partial charge is 0.262 e. The van der Waals surface area contributed by atoms with Gasteiger partial charge in [-0.1, -0.05) is 18.2 Å². The molecule has 2 aromatic heterocycles. The number of carbonyl (C=O) groups excluding carboxylic acids is 1. The zero-order chi connectivity index (χ0) is 24.4.